The Hall–Kier alpha value is -1.26. The third-order valence-electron chi connectivity index (χ3n) is 8.48. The highest BCUT2D eigenvalue weighted by molar-refractivity contribution is 8.07. The van der Waals surface area contributed by atoms with Gasteiger partial charge in [-0.3, -0.25) is 9.59 Å². The molecule has 0 spiro atoms. The number of hydrogen-bond acceptors (Lipinski definition) is 9. The SMILES string of the molecule is CSC(=CC1COC(=O)CC(O)C(C)(C)C(=O)C(C)C(O)C(C)CCCC2(C)OC12C)c1cscn1. The normalized spacial score (nSPS) is 38.8. The van der Waals surface area contributed by atoms with Crippen LogP contribution in [-0.2, 0) is 19.1 Å². The summed E-state index contributed by atoms with van der Waals surface area (Å²) in [7, 11) is 0. The standard InChI is InChI=1S/C27H41NO6S2/c1-16-9-8-10-26(5)27(6,34-26)18(11-20(35-7)19-14-36-15-28-19)13-33-22(30)12-21(29)25(3,4)24(32)17(2)23(16)31/h11,14-18,21,23,29,31H,8-10,12-13H2,1-7H3. The number of thioether (sulfide) groups is 1. The maximum atomic E-state index is 13.2. The predicted octanol–water partition coefficient (Wildman–Crippen LogP) is 4.72. The zero-order valence-corrected chi connectivity index (χ0v) is 24.1. The molecule has 9 heteroatoms. The summed E-state index contributed by atoms with van der Waals surface area (Å²) >= 11 is 3.11. The molecule has 36 heavy (non-hydrogen) atoms. The molecule has 0 aliphatic carbocycles. The molecule has 7 unspecified atom stereocenters. The van der Waals surface area contributed by atoms with E-state index in [2.05, 4.69) is 24.9 Å². The molecule has 3 rings (SSSR count). The monoisotopic (exact) mass is 539 g/mol. The van der Waals surface area contributed by atoms with E-state index in [1.54, 1.807) is 38.0 Å². The van der Waals surface area contributed by atoms with E-state index in [9.17, 15) is 19.8 Å². The molecule has 2 saturated heterocycles. The zero-order chi connectivity index (χ0) is 26.9. The van der Waals surface area contributed by atoms with Crippen molar-refractivity contribution >= 4 is 39.8 Å². The number of esters is 1. The van der Waals surface area contributed by atoms with Crippen molar-refractivity contribution in [1.82, 2.24) is 4.98 Å². The van der Waals surface area contributed by atoms with E-state index in [1.165, 1.54) is 11.3 Å². The van der Waals surface area contributed by atoms with E-state index in [1.807, 2.05) is 18.6 Å². The van der Waals surface area contributed by atoms with E-state index in [-0.39, 0.29) is 30.6 Å². The molecule has 3 heterocycles. The van der Waals surface area contributed by atoms with Crippen molar-refractivity contribution in [3.05, 3.63) is 22.7 Å². The van der Waals surface area contributed by atoms with Crippen LogP contribution in [0.1, 0.15) is 72.9 Å². The van der Waals surface area contributed by atoms with Crippen LogP contribution in [0.2, 0.25) is 0 Å². The first kappa shape index (κ1) is 29.3. The maximum Gasteiger partial charge on any atom is 0.308 e. The molecule has 0 aromatic carbocycles. The molecule has 7 atom stereocenters. The quantitative estimate of drug-likeness (QED) is 0.420. The Kier molecular flexibility index (Phi) is 9.14. The Morgan fingerprint density at radius 2 is 1.92 bits per heavy atom. The van der Waals surface area contributed by atoms with Crippen LogP contribution in [0.4, 0.5) is 0 Å². The van der Waals surface area contributed by atoms with Gasteiger partial charge in [0.25, 0.3) is 0 Å². The Labute approximate surface area is 223 Å². The second kappa shape index (κ2) is 11.2. The summed E-state index contributed by atoms with van der Waals surface area (Å²) < 4.78 is 12.0. The number of aliphatic hydroxyl groups excluding tert-OH is 2. The van der Waals surface area contributed by atoms with Crippen molar-refractivity contribution in [3.63, 3.8) is 0 Å². The second-order valence-corrected chi connectivity index (χ2v) is 12.9. The molecule has 0 amide bonds. The molecule has 7 nitrogen and oxygen atoms in total. The average Bonchev–Trinajstić information content (AvgIpc) is 3.16. The Morgan fingerprint density at radius 1 is 1.22 bits per heavy atom. The van der Waals surface area contributed by atoms with Gasteiger partial charge in [0.05, 0.1) is 40.8 Å². The minimum Gasteiger partial charge on any atom is -0.465 e. The van der Waals surface area contributed by atoms with Crippen molar-refractivity contribution < 1.29 is 29.3 Å². The molecule has 2 aliphatic rings. The highest BCUT2D eigenvalue weighted by Gasteiger charge is 2.66. The van der Waals surface area contributed by atoms with Gasteiger partial charge >= 0.3 is 5.97 Å². The summed E-state index contributed by atoms with van der Waals surface area (Å²) in [5.41, 5.74) is 0.528. The van der Waals surface area contributed by atoms with E-state index in [4.69, 9.17) is 9.47 Å². The van der Waals surface area contributed by atoms with Gasteiger partial charge in [0, 0.05) is 22.1 Å². The van der Waals surface area contributed by atoms with Gasteiger partial charge in [-0.15, -0.1) is 23.1 Å². The molecule has 0 bridgehead atoms. The van der Waals surface area contributed by atoms with Crippen LogP contribution in [0, 0.1) is 23.2 Å². The van der Waals surface area contributed by atoms with Gasteiger partial charge in [0.2, 0.25) is 0 Å². The smallest absolute Gasteiger partial charge is 0.308 e. The number of ether oxygens (including phenoxy) is 2. The lowest BCUT2D eigenvalue weighted by Crippen LogP contribution is -2.45. The number of nitrogens with zero attached hydrogens (tertiary/aromatic N) is 1. The first-order chi connectivity index (χ1) is 16.8. The van der Waals surface area contributed by atoms with Crippen LogP contribution < -0.4 is 0 Å². The third kappa shape index (κ3) is 5.90. The Balaban J connectivity index is 1.91. The van der Waals surface area contributed by atoms with Gasteiger partial charge in [-0.2, -0.15) is 0 Å². The summed E-state index contributed by atoms with van der Waals surface area (Å²) in [5, 5.41) is 23.7. The summed E-state index contributed by atoms with van der Waals surface area (Å²) in [6.45, 7) is 11.1. The number of aromatic nitrogens is 1. The van der Waals surface area contributed by atoms with Gasteiger partial charge in [-0.05, 0) is 38.9 Å². The molecule has 1 aromatic rings. The van der Waals surface area contributed by atoms with Gasteiger partial charge in [0.15, 0.2) is 0 Å². The molecule has 0 radical (unpaired) electrons. The highest BCUT2D eigenvalue weighted by atomic mass is 32.2. The number of ketones is 1. The molecule has 202 valence electrons. The van der Waals surface area contributed by atoms with Crippen molar-refractivity contribution in [2.75, 3.05) is 12.9 Å². The van der Waals surface area contributed by atoms with E-state index < -0.39 is 40.7 Å². The summed E-state index contributed by atoms with van der Waals surface area (Å²) in [4.78, 5) is 31.4. The number of epoxide rings is 1. The van der Waals surface area contributed by atoms with Crippen LogP contribution in [0.3, 0.4) is 0 Å². The number of Topliss-reactive ketones (excluding diaryl/α,β-unsaturated/α-hetero) is 1. The van der Waals surface area contributed by atoms with Crippen LogP contribution in [0.25, 0.3) is 4.91 Å². The number of rotatable bonds is 3. The first-order valence-electron chi connectivity index (χ1n) is 12.7. The minimum absolute atomic E-state index is 0.0909. The molecule has 0 saturated carbocycles. The summed E-state index contributed by atoms with van der Waals surface area (Å²) in [6.07, 6.45) is 4.08. The van der Waals surface area contributed by atoms with Crippen LogP contribution in [-0.4, -0.2) is 63.2 Å². The van der Waals surface area contributed by atoms with Crippen LogP contribution in [0.5, 0.6) is 0 Å². The molecule has 2 fully saturated rings. The summed E-state index contributed by atoms with van der Waals surface area (Å²) in [5.74, 6) is -1.80. The van der Waals surface area contributed by atoms with Crippen molar-refractivity contribution in [1.29, 1.82) is 0 Å². The van der Waals surface area contributed by atoms with Gasteiger partial charge < -0.3 is 19.7 Å². The number of cyclic esters (lactones) is 1. The fourth-order valence-electron chi connectivity index (χ4n) is 5.34. The number of aliphatic hydroxyl groups is 2. The number of hydrogen-bond donors (Lipinski definition) is 2. The van der Waals surface area contributed by atoms with E-state index >= 15 is 0 Å². The van der Waals surface area contributed by atoms with Crippen molar-refractivity contribution in [2.24, 2.45) is 23.2 Å². The lowest BCUT2D eigenvalue weighted by atomic mass is 9.72. The van der Waals surface area contributed by atoms with Gasteiger partial charge in [0.1, 0.15) is 18.0 Å². The molecular weight excluding hydrogens is 498 g/mol. The van der Waals surface area contributed by atoms with Crippen LogP contribution >= 0.6 is 23.1 Å². The number of fused-ring (bicyclic) bond motifs is 1. The maximum absolute atomic E-state index is 13.2. The predicted molar refractivity (Wildman–Crippen MR) is 144 cm³/mol. The lowest BCUT2D eigenvalue weighted by Gasteiger charge is -2.34. The van der Waals surface area contributed by atoms with Crippen molar-refractivity contribution in [2.45, 2.75) is 90.6 Å². The minimum atomic E-state index is -1.22. The molecule has 2 aliphatic heterocycles. The largest absolute Gasteiger partial charge is 0.465 e. The topological polar surface area (TPSA) is 109 Å². The van der Waals surface area contributed by atoms with Gasteiger partial charge in [-0.25, -0.2) is 4.98 Å². The molecule has 2 N–H and O–H groups in total. The second-order valence-electron chi connectivity index (χ2n) is 11.3. The number of carbonyl (C=O) groups is 2. The Bertz CT molecular complexity index is 963. The van der Waals surface area contributed by atoms with Crippen molar-refractivity contribution in [3.8, 4) is 0 Å². The zero-order valence-electron chi connectivity index (χ0n) is 22.4. The van der Waals surface area contributed by atoms with Crippen LogP contribution in [0.15, 0.2) is 17.0 Å². The Morgan fingerprint density at radius 3 is 2.53 bits per heavy atom. The van der Waals surface area contributed by atoms with Gasteiger partial charge in [-0.1, -0.05) is 40.2 Å². The average molecular weight is 540 g/mol. The molecule has 1 aromatic heterocycles. The number of carbonyl (C=O) groups excluding carboxylic acids is 2. The first-order valence-corrected chi connectivity index (χ1v) is 14.8. The summed E-state index contributed by atoms with van der Waals surface area (Å²) in [6, 6.07) is 0. The fraction of sp³-hybridized carbons (Fsp3) is 0.741. The molecular formula is C27H41NO6S2. The number of thiazole rings is 1. The highest BCUT2D eigenvalue weighted by Crippen LogP contribution is 2.56. The lowest BCUT2D eigenvalue weighted by molar-refractivity contribution is -0.152. The van der Waals surface area contributed by atoms with E-state index in [0.29, 0.717) is 0 Å². The fourth-order valence-corrected chi connectivity index (χ4v) is 6.58. The third-order valence-corrected chi connectivity index (χ3v) is 9.86. The van der Waals surface area contributed by atoms with E-state index in [0.717, 1.165) is 29.9 Å².